The minimum Gasteiger partial charge on any atom is -0.495 e. The molecular weight excluding hydrogens is 506 g/mol. The molecular formula is C18H12Br2ClNO3S. The van der Waals surface area contributed by atoms with Gasteiger partial charge in [-0.2, -0.15) is 0 Å². The fourth-order valence-corrected chi connectivity index (χ4v) is 4.92. The van der Waals surface area contributed by atoms with Crippen molar-refractivity contribution in [1.29, 1.82) is 0 Å². The van der Waals surface area contributed by atoms with Crippen molar-refractivity contribution in [3.8, 4) is 5.75 Å². The van der Waals surface area contributed by atoms with Crippen LogP contribution in [0, 0.1) is 0 Å². The molecule has 0 unspecified atom stereocenters. The molecule has 0 atom stereocenters. The zero-order chi connectivity index (χ0) is 18.8. The number of thioether (sulfide) groups is 1. The number of ether oxygens (including phenoxy) is 1. The molecule has 4 nitrogen and oxygen atoms in total. The highest BCUT2D eigenvalue weighted by atomic mass is 79.9. The van der Waals surface area contributed by atoms with E-state index >= 15 is 0 Å². The molecule has 1 saturated heterocycles. The predicted molar refractivity (Wildman–Crippen MR) is 111 cm³/mol. The summed E-state index contributed by atoms with van der Waals surface area (Å²) in [5.74, 6) is 0.240. The molecule has 3 rings (SSSR count). The number of rotatable bonds is 4. The minimum absolute atomic E-state index is 0.140. The van der Waals surface area contributed by atoms with Gasteiger partial charge >= 0.3 is 0 Å². The van der Waals surface area contributed by atoms with E-state index in [9.17, 15) is 9.59 Å². The average molecular weight is 518 g/mol. The Bertz CT molecular complexity index is 933. The summed E-state index contributed by atoms with van der Waals surface area (Å²) >= 11 is 13.9. The predicted octanol–water partition coefficient (Wildman–Crippen LogP) is 6.11. The standard InChI is InChI=1S/C18H12Br2ClNO3S/c1-25-16-11(6-12(19)8-13(16)20)7-15-17(23)22(18(24)26-15)9-10-4-2-3-5-14(10)21/h2-8H,9H2,1H3/b15-7-. The first-order chi connectivity index (χ1) is 12.4. The van der Waals surface area contributed by atoms with E-state index in [0.717, 1.165) is 26.3 Å². The molecule has 8 heteroatoms. The van der Waals surface area contributed by atoms with Gasteiger partial charge in [0.15, 0.2) is 0 Å². The van der Waals surface area contributed by atoms with Gasteiger partial charge in [-0.15, -0.1) is 0 Å². The summed E-state index contributed by atoms with van der Waals surface area (Å²) < 4.78 is 6.96. The molecule has 2 aromatic rings. The largest absolute Gasteiger partial charge is 0.495 e. The van der Waals surface area contributed by atoms with Crippen LogP contribution in [0.5, 0.6) is 5.75 Å². The van der Waals surface area contributed by atoms with Crippen LogP contribution in [0.25, 0.3) is 6.08 Å². The van der Waals surface area contributed by atoms with Crippen molar-refractivity contribution in [3.63, 3.8) is 0 Å². The quantitative estimate of drug-likeness (QED) is 0.459. The molecule has 0 bridgehead atoms. The zero-order valence-corrected chi connectivity index (χ0v) is 18.2. The van der Waals surface area contributed by atoms with Gasteiger partial charge in [-0.3, -0.25) is 14.5 Å². The third-order valence-electron chi connectivity index (χ3n) is 3.69. The first-order valence-corrected chi connectivity index (χ1v) is 10.2. The van der Waals surface area contributed by atoms with Crippen LogP contribution in [0.1, 0.15) is 11.1 Å². The number of methoxy groups -OCH3 is 1. The number of amides is 2. The van der Waals surface area contributed by atoms with Crippen LogP contribution in [0.15, 0.2) is 50.2 Å². The summed E-state index contributed by atoms with van der Waals surface area (Å²) in [7, 11) is 1.55. The van der Waals surface area contributed by atoms with Crippen molar-refractivity contribution in [2.24, 2.45) is 0 Å². The lowest BCUT2D eigenvalue weighted by Gasteiger charge is -2.13. The molecule has 2 amide bonds. The maximum atomic E-state index is 12.7. The Morgan fingerprint density at radius 1 is 1.23 bits per heavy atom. The van der Waals surface area contributed by atoms with Gasteiger partial charge < -0.3 is 4.74 Å². The molecule has 0 spiro atoms. The molecule has 0 N–H and O–H groups in total. The van der Waals surface area contributed by atoms with Gasteiger partial charge in [0, 0.05) is 15.1 Å². The first kappa shape index (κ1) is 19.5. The van der Waals surface area contributed by atoms with Crippen LogP contribution in [-0.2, 0) is 11.3 Å². The molecule has 26 heavy (non-hydrogen) atoms. The lowest BCUT2D eigenvalue weighted by atomic mass is 10.1. The molecule has 1 aliphatic heterocycles. The van der Waals surface area contributed by atoms with Crippen molar-refractivity contribution in [2.45, 2.75) is 6.54 Å². The molecule has 1 aliphatic rings. The first-order valence-electron chi connectivity index (χ1n) is 7.42. The number of carbonyl (C=O) groups is 2. The minimum atomic E-state index is -0.349. The Labute approximate surface area is 176 Å². The van der Waals surface area contributed by atoms with Gasteiger partial charge in [0.2, 0.25) is 0 Å². The highest BCUT2D eigenvalue weighted by Crippen LogP contribution is 2.38. The third kappa shape index (κ3) is 4.01. The monoisotopic (exact) mass is 515 g/mol. The molecule has 0 aromatic heterocycles. The van der Waals surface area contributed by atoms with Gasteiger partial charge in [0.1, 0.15) is 5.75 Å². The second-order valence-electron chi connectivity index (χ2n) is 5.37. The SMILES string of the molecule is COc1c(Br)cc(Br)cc1/C=C1\SC(=O)N(Cc2ccccc2Cl)C1=O. The summed E-state index contributed by atoms with van der Waals surface area (Å²) in [5.41, 5.74) is 1.41. The Kier molecular flexibility index (Phi) is 6.12. The summed E-state index contributed by atoms with van der Waals surface area (Å²) in [6.07, 6.45) is 1.66. The molecule has 0 saturated carbocycles. The molecule has 0 radical (unpaired) electrons. The zero-order valence-electron chi connectivity index (χ0n) is 13.5. The van der Waals surface area contributed by atoms with Crippen LogP contribution < -0.4 is 4.74 Å². The number of benzene rings is 2. The summed E-state index contributed by atoms with van der Waals surface area (Å²) in [6.45, 7) is 0.140. The van der Waals surface area contributed by atoms with Crippen LogP contribution in [0.4, 0.5) is 4.79 Å². The molecule has 0 aliphatic carbocycles. The third-order valence-corrected chi connectivity index (χ3v) is 6.01. The summed E-state index contributed by atoms with van der Waals surface area (Å²) in [5, 5.41) is 0.197. The number of nitrogens with zero attached hydrogens (tertiary/aromatic N) is 1. The second kappa shape index (κ2) is 8.17. The van der Waals surface area contributed by atoms with Crippen LogP contribution in [0.3, 0.4) is 0 Å². The van der Waals surface area contributed by atoms with E-state index < -0.39 is 0 Å². The number of halogens is 3. The lowest BCUT2D eigenvalue weighted by Crippen LogP contribution is -2.27. The Morgan fingerprint density at radius 2 is 1.96 bits per heavy atom. The van der Waals surface area contributed by atoms with E-state index in [2.05, 4.69) is 31.9 Å². The van der Waals surface area contributed by atoms with E-state index in [1.807, 2.05) is 18.2 Å². The fraction of sp³-hybridized carbons (Fsp3) is 0.111. The Hall–Kier alpha value is -1.28. The van der Waals surface area contributed by atoms with Crippen molar-refractivity contribution in [2.75, 3.05) is 7.11 Å². The Morgan fingerprint density at radius 3 is 2.65 bits per heavy atom. The topological polar surface area (TPSA) is 46.6 Å². The maximum Gasteiger partial charge on any atom is 0.293 e. The van der Waals surface area contributed by atoms with E-state index in [1.165, 1.54) is 4.90 Å². The van der Waals surface area contributed by atoms with E-state index in [1.54, 1.807) is 31.4 Å². The molecule has 134 valence electrons. The van der Waals surface area contributed by atoms with Gasteiger partial charge in [-0.05, 0) is 57.5 Å². The highest BCUT2D eigenvalue weighted by molar-refractivity contribution is 9.11. The van der Waals surface area contributed by atoms with E-state index in [4.69, 9.17) is 16.3 Å². The number of hydrogen-bond donors (Lipinski definition) is 0. The van der Waals surface area contributed by atoms with Gasteiger partial charge in [0.25, 0.3) is 11.1 Å². The second-order valence-corrected chi connectivity index (χ2v) is 8.54. The van der Waals surface area contributed by atoms with E-state index in [0.29, 0.717) is 21.2 Å². The maximum absolute atomic E-state index is 12.7. The van der Waals surface area contributed by atoms with Crippen LogP contribution in [-0.4, -0.2) is 23.2 Å². The molecule has 1 fully saturated rings. The van der Waals surface area contributed by atoms with E-state index in [-0.39, 0.29) is 17.7 Å². The summed E-state index contributed by atoms with van der Waals surface area (Å²) in [6, 6.07) is 10.8. The van der Waals surface area contributed by atoms with Gasteiger partial charge in [-0.25, -0.2) is 0 Å². The normalized spacial score (nSPS) is 15.8. The van der Waals surface area contributed by atoms with Gasteiger partial charge in [-0.1, -0.05) is 45.7 Å². The van der Waals surface area contributed by atoms with Crippen molar-refractivity contribution in [3.05, 3.63) is 66.4 Å². The summed E-state index contributed by atoms with van der Waals surface area (Å²) in [4.78, 5) is 26.6. The number of hydrogen-bond acceptors (Lipinski definition) is 4. The fourth-order valence-electron chi connectivity index (χ4n) is 2.48. The Balaban J connectivity index is 1.92. The van der Waals surface area contributed by atoms with Crippen molar-refractivity contribution in [1.82, 2.24) is 4.90 Å². The van der Waals surface area contributed by atoms with Crippen molar-refractivity contribution < 1.29 is 14.3 Å². The number of imide groups is 1. The average Bonchev–Trinajstić information content (AvgIpc) is 2.84. The molecule has 1 heterocycles. The van der Waals surface area contributed by atoms with Crippen molar-refractivity contribution >= 4 is 72.4 Å². The highest BCUT2D eigenvalue weighted by Gasteiger charge is 2.35. The van der Waals surface area contributed by atoms with Crippen LogP contribution in [0.2, 0.25) is 5.02 Å². The lowest BCUT2D eigenvalue weighted by molar-refractivity contribution is -0.123. The van der Waals surface area contributed by atoms with Gasteiger partial charge in [0.05, 0.1) is 23.0 Å². The van der Waals surface area contributed by atoms with Crippen LogP contribution >= 0.6 is 55.2 Å². The smallest absolute Gasteiger partial charge is 0.293 e. The number of carbonyl (C=O) groups excluding carboxylic acids is 2. The molecule has 2 aromatic carbocycles.